The van der Waals surface area contributed by atoms with Crippen LogP contribution in [-0.4, -0.2) is 16.9 Å². The molecule has 4 heteroatoms. The smallest absolute Gasteiger partial charge is 0.347 e. The number of esters is 1. The first-order chi connectivity index (χ1) is 8.88. The molecule has 0 saturated heterocycles. The molecule has 0 amide bonds. The Bertz CT molecular complexity index is 490. The number of aliphatic hydroxyl groups excluding tert-OH is 1. The fraction of sp³-hybridized carbons (Fsp3) is 0.200. The molecule has 1 N–H and O–H groups in total. The molecule has 0 rings (SSSR count). The van der Waals surface area contributed by atoms with Gasteiger partial charge in [-0.15, -0.1) is 0 Å². The summed E-state index contributed by atoms with van der Waals surface area (Å²) in [6, 6.07) is 0. The molecule has 0 aliphatic carbocycles. The molecule has 0 fully saturated rings. The van der Waals surface area contributed by atoms with Crippen molar-refractivity contribution in [1.82, 2.24) is 0 Å². The van der Waals surface area contributed by atoms with Crippen molar-refractivity contribution in [1.29, 1.82) is 0 Å². The highest BCUT2D eigenvalue weighted by atomic mass is 16.5. The van der Waals surface area contributed by atoms with Crippen LogP contribution in [0.1, 0.15) is 20.8 Å². The van der Waals surface area contributed by atoms with Crippen molar-refractivity contribution in [3.05, 3.63) is 60.1 Å². The number of rotatable bonds is 6. The molecule has 0 atom stereocenters. The van der Waals surface area contributed by atoms with Gasteiger partial charge >= 0.3 is 5.97 Å². The molecule has 0 aromatic carbocycles. The number of allylic oxidation sites excluding steroid dienone is 4. The number of ether oxygens (including phenoxy) is 1. The minimum Gasteiger partial charge on any atom is -0.507 e. The van der Waals surface area contributed by atoms with Crippen LogP contribution in [-0.2, 0) is 14.3 Å². The van der Waals surface area contributed by atoms with Crippen molar-refractivity contribution in [2.75, 3.05) is 0 Å². The lowest BCUT2D eigenvalue weighted by Gasteiger charge is -2.09. The zero-order chi connectivity index (χ0) is 15.0. The summed E-state index contributed by atoms with van der Waals surface area (Å²) in [4.78, 5) is 23.1. The largest absolute Gasteiger partial charge is 0.507 e. The Balaban J connectivity index is 5.47. The third-order valence-corrected chi connectivity index (χ3v) is 2.31. The van der Waals surface area contributed by atoms with Crippen molar-refractivity contribution in [3.8, 4) is 0 Å². The SMILES string of the molecule is C=C/C(O)=C(\C=C)C(=O)OC(/C=C\C)=C(/C)C(C)=O. The van der Waals surface area contributed by atoms with E-state index in [2.05, 4.69) is 13.2 Å². The second kappa shape index (κ2) is 7.87. The number of Topliss-reactive ketones (excluding diaryl/α,β-unsaturated/α-hetero) is 1. The third-order valence-electron chi connectivity index (χ3n) is 2.31. The fourth-order valence-electron chi connectivity index (χ4n) is 1.12. The molecule has 0 bridgehead atoms. The summed E-state index contributed by atoms with van der Waals surface area (Å²) >= 11 is 0. The van der Waals surface area contributed by atoms with Crippen LogP contribution in [0.15, 0.2) is 60.1 Å². The minimum absolute atomic E-state index is 0.117. The molecular formula is C15H18O4. The van der Waals surface area contributed by atoms with Gasteiger partial charge in [0, 0.05) is 5.57 Å². The van der Waals surface area contributed by atoms with Gasteiger partial charge in [0.25, 0.3) is 0 Å². The van der Waals surface area contributed by atoms with Gasteiger partial charge in [0.1, 0.15) is 17.1 Å². The molecular weight excluding hydrogens is 244 g/mol. The lowest BCUT2D eigenvalue weighted by atomic mass is 10.1. The zero-order valence-electron chi connectivity index (χ0n) is 11.4. The van der Waals surface area contributed by atoms with Crippen LogP contribution in [0.4, 0.5) is 0 Å². The van der Waals surface area contributed by atoms with Gasteiger partial charge in [-0.3, -0.25) is 4.79 Å². The highest BCUT2D eigenvalue weighted by Crippen LogP contribution is 2.14. The quantitative estimate of drug-likeness (QED) is 0.345. The maximum atomic E-state index is 11.8. The van der Waals surface area contributed by atoms with Crippen LogP contribution in [0.25, 0.3) is 0 Å². The van der Waals surface area contributed by atoms with Crippen molar-refractivity contribution < 1.29 is 19.4 Å². The van der Waals surface area contributed by atoms with E-state index >= 15 is 0 Å². The average molecular weight is 262 g/mol. The Morgan fingerprint density at radius 3 is 2.11 bits per heavy atom. The monoisotopic (exact) mass is 262 g/mol. The van der Waals surface area contributed by atoms with Gasteiger partial charge in [-0.05, 0) is 32.9 Å². The topological polar surface area (TPSA) is 63.6 Å². The second-order valence-electron chi connectivity index (χ2n) is 3.64. The van der Waals surface area contributed by atoms with Crippen LogP contribution in [0.5, 0.6) is 0 Å². The van der Waals surface area contributed by atoms with E-state index in [1.165, 1.54) is 13.0 Å². The van der Waals surface area contributed by atoms with Crippen LogP contribution < -0.4 is 0 Å². The Labute approximate surface area is 113 Å². The molecule has 0 aromatic heterocycles. The van der Waals surface area contributed by atoms with Gasteiger partial charge in [-0.1, -0.05) is 25.3 Å². The molecule has 102 valence electrons. The van der Waals surface area contributed by atoms with Crippen molar-refractivity contribution in [2.24, 2.45) is 0 Å². The average Bonchev–Trinajstić information content (AvgIpc) is 2.37. The molecule has 0 aromatic rings. The van der Waals surface area contributed by atoms with Crippen LogP contribution in [0.3, 0.4) is 0 Å². The molecule has 4 nitrogen and oxygen atoms in total. The van der Waals surface area contributed by atoms with Crippen molar-refractivity contribution >= 4 is 11.8 Å². The van der Waals surface area contributed by atoms with Gasteiger partial charge in [0.05, 0.1) is 0 Å². The zero-order valence-corrected chi connectivity index (χ0v) is 11.4. The summed E-state index contributed by atoms with van der Waals surface area (Å²) in [7, 11) is 0. The third kappa shape index (κ3) is 4.79. The number of carbonyl (C=O) groups is 2. The van der Waals surface area contributed by atoms with Crippen molar-refractivity contribution in [2.45, 2.75) is 20.8 Å². The molecule has 0 aliphatic heterocycles. The van der Waals surface area contributed by atoms with E-state index in [-0.39, 0.29) is 22.9 Å². The highest BCUT2D eigenvalue weighted by Gasteiger charge is 2.16. The van der Waals surface area contributed by atoms with E-state index in [4.69, 9.17) is 4.74 Å². The maximum Gasteiger partial charge on any atom is 0.347 e. The van der Waals surface area contributed by atoms with E-state index in [1.54, 1.807) is 19.9 Å². The molecule has 0 heterocycles. The van der Waals surface area contributed by atoms with Crippen LogP contribution in [0.2, 0.25) is 0 Å². The summed E-state index contributed by atoms with van der Waals surface area (Å²) < 4.78 is 5.09. The predicted octanol–water partition coefficient (Wildman–Crippen LogP) is 3.15. The predicted molar refractivity (Wildman–Crippen MR) is 74.3 cm³/mol. The Morgan fingerprint density at radius 1 is 1.16 bits per heavy atom. The number of hydrogen-bond donors (Lipinski definition) is 1. The number of carbonyl (C=O) groups excluding carboxylic acids is 2. The first-order valence-electron chi connectivity index (χ1n) is 5.63. The maximum absolute atomic E-state index is 11.8. The first-order valence-corrected chi connectivity index (χ1v) is 5.63. The minimum atomic E-state index is -0.805. The molecule has 0 unspecified atom stereocenters. The Hall–Kier alpha value is -2.36. The van der Waals surface area contributed by atoms with Gasteiger partial charge < -0.3 is 9.84 Å². The van der Waals surface area contributed by atoms with Gasteiger partial charge in [-0.2, -0.15) is 0 Å². The lowest BCUT2D eigenvalue weighted by molar-refractivity contribution is -0.134. The van der Waals surface area contributed by atoms with E-state index in [1.807, 2.05) is 0 Å². The summed E-state index contributed by atoms with van der Waals surface area (Å²) in [5.41, 5.74) is 0.196. The number of hydrogen-bond acceptors (Lipinski definition) is 4. The van der Waals surface area contributed by atoms with E-state index in [0.29, 0.717) is 5.57 Å². The van der Waals surface area contributed by atoms with E-state index in [0.717, 1.165) is 12.2 Å². The molecule has 0 aliphatic rings. The molecule has 0 spiro atoms. The highest BCUT2D eigenvalue weighted by molar-refractivity contribution is 5.96. The van der Waals surface area contributed by atoms with E-state index < -0.39 is 5.97 Å². The van der Waals surface area contributed by atoms with Crippen molar-refractivity contribution in [3.63, 3.8) is 0 Å². The summed E-state index contributed by atoms with van der Waals surface area (Å²) in [5.74, 6) is -1.21. The summed E-state index contributed by atoms with van der Waals surface area (Å²) in [6.45, 7) is 11.4. The number of aliphatic hydroxyl groups is 1. The van der Waals surface area contributed by atoms with Crippen LogP contribution >= 0.6 is 0 Å². The lowest BCUT2D eigenvalue weighted by Crippen LogP contribution is -2.10. The Kier molecular flexibility index (Phi) is 6.89. The number of ketones is 1. The molecule has 0 radical (unpaired) electrons. The fourth-order valence-corrected chi connectivity index (χ4v) is 1.12. The molecule has 19 heavy (non-hydrogen) atoms. The summed E-state index contributed by atoms with van der Waals surface area (Å²) in [5, 5.41) is 9.47. The normalized spacial score (nSPS) is 13.4. The van der Waals surface area contributed by atoms with E-state index in [9.17, 15) is 14.7 Å². The molecule has 0 saturated carbocycles. The van der Waals surface area contributed by atoms with Crippen LogP contribution in [0, 0.1) is 0 Å². The Morgan fingerprint density at radius 2 is 1.74 bits per heavy atom. The van der Waals surface area contributed by atoms with Gasteiger partial charge in [-0.25, -0.2) is 4.79 Å². The second-order valence-corrected chi connectivity index (χ2v) is 3.64. The summed E-state index contributed by atoms with van der Waals surface area (Å²) in [6.07, 6.45) is 5.41. The standard InChI is InChI=1S/C15H18O4/c1-6-9-14(10(4)11(5)16)19-15(18)12(7-2)13(17)8-3/h6-9,17H,2-3H2,1,4-5H3/b9-6-,13-12-,14-10-. The van der Waals surface area contributed by atoms with Gasteiger partial charge in [0.15, 0.2) is 5.78 Å². The first kappa shape index (κ1) is 16.6. The van der Waals surface area contributed by atoms with Gasteiger partial charge in [0.2, 0.25) is 0 Å².